The minimum atomic E-state index is -0.665. The molecule has 0 unspecified atom stereocenters. The lowest BCUT2D eigenvalue weighted by Gasteiger charge is -2.20. The summed E-state index contributed by atoms with van der Waals surface area (Å²) in [5.74, 6) is 0.0747. The van der Waals surface area contributed by atoms with Crippen LogP contribution in [0, 0.1) is 19.8 Å². The van der Waals surface area contributed by atoms with Gasteiger partial charge in [0, 0.05) is 30.7 Å². The zero-order valence-electron chi connectivity index (χ0n) is 17.0. The van der Waals surface area contributed by atoms with Gasteiger partial charge in [0.05, 0.1) is 37.3 Å². The van der Waals surface area contributed by atoms with Gasteiger partial charge in [-0.05, 0) is 19.4 Å². The van der Waals surface area contributed by atoms with Crippen LogP contribution >= 0.6 is 11.6 Å². The fraction of sp³-hybridized carbons (Fsp3) is 0.400. The first-order valence-electron chi connectivity index (χ1n) is 9.76. The molecule has 0 spiro atoms. The summed E-state index contributed by atoms with van der Waals surface area (Å²) in [6.07, 6.45) is 1.86. The van der Waals surface area contributed by atoms with Crippen LogP contribution in [0.25, 0.3) is 11.1 Å². The molecular weight excluding hydrogens is 429 g/mol. The summed E-state index contributed by atoms with van der Waals surface area (Å²) in [7, 11) is 0. The van der Waals surface area contributed by atoms with E-state index in [1.165, 1.54) is 12.3 Å². The number of aliphatic hydroxyl groups is 1. The molecular formula is C20H21ClFN5O4. The highest BCUT2D eigenvalue weighted by molar-refractivity contribution is 6.33. The first-order chi connectivity index (χ1) is 14.9. The van der Waals surface area contributed by atoms with Crippen LogP contribution in [0.3, 0.4) is 0 Å². The topological polar surface area (TPSA) is 107 Å². The highest BCUT2D eigenvalue weighted by Crippen LogP contribution is 2.31. The van der Waals surface area contributed by atoms with Crippen molar-refractivity contribution < 1.29 is 18.8 Å². The minimum Gasteiger partial charge on any atom is -0.472 e. The Kier molecular flexibility index (Phi) is 5.92. The summed E-state index contributed by atoms with van der Waals surface area (Å²) in [6, 6.07) is 2.97. The zero-order chi connectivity index (χ0) is 22.1. The summed E-state index contributed by atoms with van der Waals surface area (Å²) in [5, 5.41) is 17.0. The van der Waals surface area contributed by atoms with E-state index in [-0.39, 0.29) is 30.2 Å². The van der Waals surface area contributed by atoms with Gasteiger partial charge >= 0.3 is 0 Å². The Morgan fingerprint density at radius 2 is 2.19 bits per heavy atom. The van der Waals surface area contributed by atoms with Gasteiger partial charge < -0.3 is 19.3 Å². The van der Waals surface area contributed by atoms with Crippen molar-refractivity contribution in [2.75, 3.05) is 24.6 Å². The van der Waals surface area contributed by atoms with Crippen LogP contribution in [0.5, 0.6) is 5.88 Å². The van der Waals surface area contributed by atoms with Gasteiger partial charge in [0.2, 0.25) is 11.8 Å². The van der Waals surface area contributed by atoms with Gasteiger partial charge in [-0.2, -0.15) is 14.5 Å². The molecule has 1 N–H and O–H groups in total. The van der Waals surface area contributed by atoms with Crippen LogP contribution < -0.4 is 15.2 Å². The standard InChI is InChI=1S/C20H21ClFN5O4/c1-11-18(12(2)31-25-11)13-7-16(22)24-17(8-13)30-14-3-4-26(10-14)15-9-23-27(5-6-28)20(29)19(15)21/h7-9,14,28H,3-6,10H2,1-2H3/t14-/m1/s1. The maximum atomic E-state index is 14.2. The smallest absolute Gasteiger partial charge is 0.287 e. The number of ether oxygens (including phenoxy) is 1. The van der Waals surface area contributed by atoms with Gasteiger partial charge in [0.25, 0.3) is 5.56 Å². The number of halogens is 2. The van der Waals surface area contributed by atoms with E-state index in [0.717, 1.165) is 4.68 Å². The Morgan fingerprint density at radius 1 is 1.39 bits per heavy atom. The van der Waals surface area contributed by atoms with Gasteiger partial charge in [-0.1, -0.05) is 16.8 Å². The Labute approximate surface area is 182 Å². The second kappa shape index (κ2) is 8.64. The molecule has 1 fully saturated rings. The summed E-state index contributed by atoms with van der Waals surface area (Å²) in [6.45, 7) is 4.42. The molecule has 0 radical (unpaired) electrons. The highest BCUT2D eigenvalue weighted by atomic mass is 35.5. The molecule has 4 heterocycles. The number of aromatic nitrogens is 4. The average Bonchev–Trinajstić information content (AvgIpc) is 3.31. The fourth-order valence-corrected chi connectivity index (χ4v) is 3.98. The predicted molar refractivity (Wildman–Crippen MR) is 111 cm³/mol. The van der Waals surface area contributed by atoms with Gasteiger partial charge in [-0.25, -0.2) is 4.68 Å². The third-order valence-corrected chi connectivity index (χ3v) is 5.50. The van der Waals surface area contributed by atoms with Crippen LogP contribution in [0.1, 0.15) is 17.9 Å². The number of nitrogens with zero attached hydrogens (tertiary/aromatic N) is 5. The lowest BCUT2D eigenvalue weighted by molar-refractivity contribution is 0.213. The molecule has 3 aromatic heterocycles. The number of aliphatic hydroxyl groups excluding tert-OH is 1. The SMILES string of the molecule is Cc1noc(C)c1-c1cc(F)nc(O[C@@H]2CCN(c3cnn(CCO)c(=O)c3Cl)C2)c1. The maximum Gasteiger partial charge on any atom is 0.287 e. The zero-order valence-corrected chi connectivity index (χ0v) is 17.8. The molecule has 0 saturated carbocycles. The Hall–Kier alpha value is -2.98. The molecule has 1 atom stereocenters. The molecule has 0 aliphatic carbocycles. The predicted octanol–water partition coefficient (Wildman–Crippen LogP) is 2.35. The maximum absolute atomic E-state index is 14.2. The second-order valence-electron chi connectivity index (χ2n) is 7.29. The van der Waals surface area contributed by atoms with E-state index >= 15 is 0 Å². The second-order valence-corrected chi connectivity index (χ2v) is 7.66. The molecule has 9 nitrogen and oxygen atoms in total. The first kappa shape index (κ1) is 21.3. The van der Waals surface area contributed by atoms with Gasteiger partial charge in [0.15, 0.2) is 0 Å². The lowest BCUT2D eigenvalue weighted by Crippen LogP contribution is -2.30. The average molecular weight is 450 g/mol. The third kappa shape index (κ3) is 4.26. The van der Waals surface area contributed by atoms with Gasteiger partial charge in [-0.15, -0.1) is 0 Å². The van der Waals surface area contributed by atoms with Crippen molar-refractivity contribution in [1.82, 2.24) is 19.9 Å². The molecule has 4 rings (SSSR count). The Balaban J connectivity index is 1.52. The van der Waals surface area contributed by atoms with Crippen molar-refractivity contribution in [1.29, 1.82) is 0 Å². The quantitative estimate of drug-likeness (QED) is 0.571. The number of pyridine rings is 1. The van der Waals surface area contributed by atoms with Crippen molar-refractivity contribution in [2.45, 2.75) is 32.9 Å². The summed E-state index contributed by atoms with van der Waals surface area (Å²) in [4.78, 5) is 18.0. The van der Waals surface area contributed by atoms with Crippen molar-refractivity contribution in [2.24, 2.45) is 0 Å². The largest absolute Gasteiger partial charge is 0.472 e. The van der Waals surface area contributed by atoms with E-state index in [9.17, 15) is 9.18 Å². The third-order valence-electron chi connectivity index (χ3n) is 5.14. The fourth-order valence-electron chi connectivity index (χ4n) is 3.72. The van der Waals surface area contributed by atoms with Gasteiger partial charge in [-0.3, -0.25) is 4.79 Å². The molecule has 0 amide bonds. The molecule has 0 aromatic carbocycles. The van der Waals surface area contributed by atoms with Crippen LogP contribution in [0.4, 0.5) is 10.1 Å². The monoisotopic (exact) mass is 449 g/mol. The molecule has 1 saturated heterocycles. The van der Waals surface area contributed by atoms with Crippen molar-refractivity contribution >= 4 is 17.3 Å². The molecule has 1 aliphatic rings. The number of aryl methyl sites for hydroxylation is 2. The van der Waals surface area contributed by atoms with Gasteiger partial charge in [0.1, 0.15) is 16.9 Å². The van der Waals surface area contributed by atoms with E-state index in [1.807, 2.05) is 4.90 Å². The van der Waals surface area contributed by atoms with E-state index in [4.69, 9.17) is 26.0 Å². The van der Waals surface area contributed by atoms with Crippen molar-refractivity contribution in [3.8, 4) is 17.0 Å². The summed E-state index contributed by atoms with van der Waals surface area (Å²) in [5.41, 5.74) is 1.97. The van der Waals surface area contributed by atoms with Crippen LogP contribution in [-0.4, -0.2) is 50.8 Å². The molecule has 3 aromatic rings. The number of hydrogen-bond donors (Lipinski definition) is 1. The molecule has 11 heteroatoms. The molecule has 0 bridgehead atoms. The Bertz CT molecular complexity index is 1150. The molecule has 31 heavy (non-hydrogen) atoms. The van der Waals surface area contributed by atoms with E-state index in [1.54, 1.807) is 19.9 Å². The first-order valence-corrected chi connectivity index (χ1v) is 10.1. The van der Waals surface area contributed by atoms with Crippen LogP contribution in [-0.2, 0) is 6.54 Å². The van der Waals surface area contributed by atoms with E-state index in [2.05, 4.69) is 15.2 Å². The summed E-state index contributed by atoms with van der Waals surface area (Å²) >= 11 is 6.24. The van der Waals surface area contributed by atoms with Crippen molar-refractivity contribution in [3.63, 3.8) is 0 Å². The van der Waals surface area contributed by atoms with E-state index in [0.29, 0.717) is 47.8 Å². The van der Waals surface area contributed by atoms with Crippen molar-refractivity contribution in [3.05, 3.63) is 51.1 Å². The van der Waals surface area contributed by atoms with E-state index < -0.39 is 11.5 Å². The molecule has 1 aliphatic heterocycles. The number of anilines is 1. The Morgan fingerprint density at radius 3 is 2.90 bits per heavy atom. The normalized spacial score (nSPS) is 16.2. The molecule has 164 valence electrons. The van der Waals surface area contributed by atoms with Crippen LogP contribution in [0.15, 0.2) is 27.6 Å². The number of rotatable bonds is 6. The lowest BCUT2D eigenvalue weighted by atomic mass is 10.1. The van der Waals surface area contributed by atoms with Crippen LogP contribution in [0.2, 0.25) is 5.02 Å². The highest BCUT2D eigenvalue weighted by Gasteiger charge is 2.28. The number of hydrogen-bond acceptors (Lipinski definition) is 8. The summed E-state index contributed by atoms with van der Waals surface area (Å²) < 4.78 is 26.4. The minimum absolute atomic E-state index is 0.0358.